The van der Waals surface area contributed by atoms with Crippen LogP contribution in [0, 0.1) is 0 Å². The number of alkyl halides is 17. The summed E-state index contributed by atoms with van der Waals surface area (Å²) < 4.78 is 219. The highest BCUT2D eigenvalue weighted by molar-refractivity contribution is 5.16. The molecular weight excluding hydrogens is 487 g/mol. The largest absolute Gasteiger partial charge is 0.460 e. The van der Waals surface area contributed by atoms with Crippen molar-refractivity contribution in [2.24, 2.45) is 0 Å². The molecule has 0 heterocycles. The Kier molecular flexibility index (Phi) is 6.82. The Hall–Kier alpha value is -1.27. The molecule has 2 unspecified atom stereocenters. The minimum Gasteiger partial charge on any atom is -0.390 e. The van der Waals surface area contributed by atoms with Gasteiger partial charge in [-0.1, -0.05) is 0 Å². The van der Waals surface area contributed by atoms with Crippen molar-refractivity contribution in [3.05, 3.63) is 0 Å². The molecule has 0 radical (unpaired) electrons. The summed E-state index contributed by atoms with van der Waals surface area (Å²) in [4.78, 5) is 0. The SMILES string of the molecule is CC(O)C(O)C(F)(F)C(F)(F)C(F)(F)C(F)(F)C(F)(F)C(F)(F)C(F)(F)C(F)(F)F. The van der Waals surface area contributed by atoms with E-state index in [2.05, 4.69) is 0 Å². The van der Waals surface area contributed by atoms with Crippen LogP contribution in [-0.2, 0) is 0 Å². The van der Waals surface area contributed by atoms with E-state index in [1.165, 1.54) is 0 Å². The van der Waals surface area contributed by atoms with Crippen LogP contribution in [-0.4, -0.2) is 70.1 Å². The summed E-state index contributed by atoms with van der Waals surface area (Å²) in [6.45, 7) is -0.0441. The maximum Gasteiger partial charge on any atom is 0.460 e. The average molecular weight is 494 g/mol. The first kappa shape index (κ1) is 28.7. The van der Waals surface area contributed by atoms with Crippen LogP contribution in [0.3, 0.4) is 0 Å². The van der Waals surface area contributed by atoms with Gasteiger partial charge < -0.3 is 10.2 Å². The number of aliphatic hydroxyl groups excluding tert-OH is 2. The van der Waals surface area contributed by atoms with E-state index >= 15 is 0 Å². The monoisotopic (exact) mass is 494 g/mol. The summed E-state index contributed by atoms with van der Waals surface area (Å²) in [5.74, 6) is -57.8. The van der Waals surface area contributed by atoms with Crippen LogP contribution in [0.15, 0.2) is 0 Å². The molecule has 2 N–H and O–H groups in total. The second-order valence-corrected chi connectivity index (χ2v) is 5.75. The van der Waals surface area contributed by atoms with Crippen molar-refractivity contribution in [3.63, 3.8) is 0 Å². The molecule has 0 aliphatic carbocycles. The van der Waals surface area contributed by atoms with E-state index in [0.717, 1.165) is 0 Å². The van der Waals surface area contributed by atoms with Gasteiger partial charge in [-0.2, -0.15) is 74.6 Å². The average Bonchev–Trinajstić information content (AvgIpc) is 2.51. The Morgan fingerprint density at radius 2 is 0.667 bits per heavy atom. The molecule has 0 rings (SSSR count). The lowest BCUT2D eigenvalue weighted by atomic mass is 9.87. The van der Waals surface area contributed by atoms with E-state index in [-0.39, 0.29) is 6.92 Å². The van der Waals surface area contributed by atoms with Crippen molar-refractivity contribution < 1.29 is 84.9 Å². The van der Waals surface area contributed by atoms with E-state index in [0.29, 0.717) is 0 Å². The van der Waals surface area contributed by atoms with E-state index in [9.17, 15) is 74.6 Å². The van der Waals surface area contributed by atoms with E-state index < -0.39 is 59.8 Å². The standard InChI is InChI=1S/C11H7F17O2/c1-2(29)3(30)4(12,13)5(14,15)6(16,17)7(18,19)8(20,21)9(22,23)10(24,25)11(26,27)28/h2-3,29-30H,1H3. The summed E-state index contributed by atoms with van der Waals surface area (Å²) in [6, 6.07) is 0. The third-order valence-electron chi connectivity index (χ3n) is 3.57. The summed E-state index contributed by atoms with van der Waals surface area (Å²) in [6.07, 6.45) is -15.4. The number of hydrogen-bond acceptors (Lipinski definition) is 2. The van der Waals surface area contributed by atoms with Gasteiger partial charge in [0.05, 0.1) is 6.10 Å². The Bertz CT molecular complexity index is 620. The molecule has 0 fully saturated rings. The van der Waals surface area contributed by atoms with Gasteiger partial charge in [0.25, 0.3) is 0 Å². The van der Waals surface area contributed by atoms with Crippen LogP contribution in [0.2, 0.25) is 0 Å². The van der Waals surface area contributed by atoms with Crippen molar-refractivity contribution in [1.29, 1.82) is 0 Å². The predicted molar refractivity (Wildman–Crippen MR) is 58.4 cm³/mol. The second kappa shape index (κ2) is 7.13. The minimum absolute atomic E-state index is 0.0441. The Balaban J connectivity index is 6.77. The van der Waals surface area contributed by atoms with Crippen molar-refractivity contribution in [2.75, 3.05) is 0 Å². The fraction of sp³-hybridized carbons (Fsp3) is 1.00. The minimum atomic E-state index is -8.72. The van der Waals surface area contributed by atoms with Crippen molar-refractivity contribution >= 4 is 0 Å². The van der Waals surface area contributed by atoms with Crippen LogP contribution in [0.5, 0.6) is 0 Å². The van der Waals surface area contributed by atoms with Crippen molar-refractivity contribution in [3.8, 4) is 0 Å². The first-order chi connectivity index (χ1) is 12.6. The van der Waals surface area contributed by atoms with Gasteiger partial charge in [0.15, 0.2) is 0 Å². The highest BCUT2D eigenvalue weighted by Gasteiger charge is 2.95. The third kappa shape index (κ3) is 3.44. The molecule has 2 atom stereocenters. The molecule has 182 valence electrons. The molecule has 19 heteroatoms. The topological polar surface area (TPSA) is 40.5 Å². The Morgan fingerprint density at radius 1 is 0.433 bits per heavy atom. The van der Waals surface area contributed by atoms with Crippen LogP contribution < -0.4 is 0 Å². The first-order valence-electron chi connectivity index (χ1n) is 6.68. The van der Waals surface area contributed by atoms with Gasteiger partial charge in [0.1, 0.15) is 6.10 Å². The third-order valence-corrected chi connectivity index (χ3v) is 3.57. The van der Waals surface area contributed by atoms with Gasteiger partial charge >= 0.3 is 47.6 Å². The maximum atomic E-state index is 13.3. The molecule has 0 aliphatic heterocycles. The molecule has 0 amide bonds. The quantitative estimate of drug-likeness (QED) is 0.479. The van der Waals surface area contributed by atoms with Gasteiger partial charge in [-0.15, -0.1) is 0 Å². The molecule has 2 nitrogen and oxygen atoms in total. The zero-order valence-electron chi connectivity index (χ0n) is 13.5. The van der Waals surface area contributed by atoms with Crippen LogP contribution in [0.25, 0.3) is 0 Å². The molecule has 0 aromatic heterocycles. The van der Waals surface area contributed by atoms with Gasteiger partial charge in [-0.25, -0.2) is 0 Å². The first-order valence-corrected chi connectivity index (χ1v) is 6.68. The van der Waals surface area contributed by atoms with Crippen LogP contribution >= 0.6 is 0 Å². The van der Waals surface area contributed by atoms with Gasteiger partial charge in [0, 0.05) is 0 Å². The lowest BCUT2D eigenvalue weighted by Crippen LogP contribution is -2.75. The van der Waals surface area contributed by atoms with Crippen LogP contribution in [0.4, 0.5) is 74.6 Å². The highest BCUT2D eigenvalue weighted by Crippen LogP contribution is 2.64. The maximum absolute atomic E-state index is 13.3. The van der Waals surface area contributed by atoms with Gasteiger partial charge in [-0.3, -0.25) is 0 Å². The van der Waals surface area contributed by atoms with E-state index in [1.54, 1.807) is 0 Å². The predicted octanol–water partition coefficient (Wildman–Crippen LogP) is 4.74. The highest BCUT2D eigenvalue weighted by atomic mass is 19.4. The summed E-state index contributed by atoms with van der Waals surface area (Å²) >= 11 is 0. The number of halogens is 17. The molecule has 0 aliphatic rings. The van der Waals surface area contributed by atoms with Crippen molar-refractivity contribution in [2.45, 2.75) is 66.8 Å². The molecular formula is C11H7F17O2. The number of rotatable bonds is 8. The molecule has 0 aromatic rings. The zero-order chi connectivity index (χ0) is 25.2. The molecule has 0 saturated carbocycles. The molecule has 0 spiro atoms. The fourth-order valence-electron chi connectivity index (χ4n) is 1.66. The summed E-state index contributed by atoms with van der Waals surface area (Å²) in [7, 11) is 0. The lowest BCUT2D eigenvalue weighted by Gasteiger charge is -2.43. The molecule has 30 heavy (non-hydrogen) atoms. The second-order valence-electron chi connectivity index (χ2n) is 5.75. The smallest absolute Gasteiger partial charge is 0.390 e. The lowest BCUT2D eigenvalue weighted by molar-refractivity contribution is -0.464. The zero-order valence-corrected chi connectivity index (χ0v) is 13.5. The summed E-state index contributed by atoms with van der Waals surface area (Å²) in [5.41, 5.74) is 0. The van der Waals surface area contributed by atoms with E-state index in [4.69, 9.17) is 10.2 Å². The molecule has 0 bridgehead atoms. The Labute approximate surface area is 153 Å². The van der Waals surface area contributed by atoms with Crippen molar-refractivity contribution in [1.82, 2.24) is 0 Å². The number of hydrogen-bond donors (Lipinski definition) is 2. The molecule has 0 aromatic carbocycles. The van der Waals surface area contributed by atoms with Gasteiger partial charge in [-0.05, 0) is 6.92 Å². The normalized spacial score (nSPS) is 18.4. The fourth-order valence-corrected chi connectivity index (χ4v) is 1.66. The van der Waals surface area contributed by atoms with Gasteiger partial charge in [0.2, 0.25) is 0 Å². The summed E-state index contributed by atoms with van der Waals surface area (Å²) in [5, 5.41) is 17.0. The molecule has 0 saturated heterocycles. The van der Waals surface area contributed by atoms with E-state index in [1.807, 2.05) is 0 Å². The van der Waals surface area contributed by atoms with Crippen LogP contribution in [0.1, 0.15) is 6.92 Å². The Morgan fingerprint density at radius 3 is 0.900 bits per heavy atom. The number of aliphatic hydroxyl groups is 2.